The van der Waals surface area contributed by atoms with E-state index in [0.29, 0.717) is 11.3 Å². The van der Waals surface area contributed by atoms with Crippen LogP contribution < -0.4 is 0 Å². The average molecular weight is 422 g/mol. The Hall–Kier alpha value is -3.19. The molecule has 31 heavy (non-hydrogen) atoms. The summed E-state index contributed by atoms with van der Waals surface area (Å²) in [5, 5.41) is 0. The summed E-state index contributed by atoms with van der Waals surface area (Å²) in [4.78, 5) is 11.7. The lowest BCUT2D eigenvalue weighted by Crippen LogP contribution is -2.19. The highest BCUT2D eigenvalue weighted by molar-refractivity contribution is 5.83. The van der Waals surface area contributed by atoms with E-state index in [0.717, 1.165) is 36.9 Å². The number of fused-ring (bicyclic) bond motifs is 1. The third kappa shape index (κ3) is 3.81. The molecule has 0 amide bonds. The van der Waals surface area contributed by atoms with Crippen molar-refractivity contribution in [1.29, 1.82) is 0 Å². The zero-order valence-corrected chi connectivity index (χ0v) is 16.8. The fraction of sp³-hybridized carbons (Fsp3) is 0.250. The molecule has 0 N–H and O–H groups in total. The molecule has 1 saturated heterocycles. The van der Waals surface area contributed by atoms with Crippen LogP contribution in [0.1, 0.15) is 24.1 Å². The van der Waals surface area contributed by atoms with Crippen molar-refractivity contribution >= 4 is 11.0 Å². The molecule has 0 spiro atoms. The molecular formula is C24H21F3N4. The average Bonchev–Trinajstić information content (AvgIpc) is 3.41. The molecule has 4 nitrogen and oxygen atoms in total. The van der Waals surface area contributed by atoms with Crippen LogP contribution in [0.25, 0.3) is 28.2 Å². The van der Waals surface area contributed by atoms with Gasteiger partial charge in [0.05, 0.1) is 22.3 Å². The number of hydrogen-bond donors (Lipinski definition) is 0. The first-order valence-corrected chi connectivity index (χ1v) is 10.3. The SMILES string of the molecule is FC(F)(F)c1ccccc1-c1nc2ccccc2n1-c1cccc(CN2CCCC2)n1. The van der Waals surface area contributed by atoms with Crippen LogP contribution in [-0.2, 0) is 12.7 Å². The summed E-state index contributed by atoms with van der Waals surface area (Å²) in [5.41, 5.74) is 1.58. The fourth-order valence-corrected chi connectivity index (χ4v) is 4.21. The Labute approximate surface area is 178 Å². The molecule has 1 aliphatic rings. The largest absolute Gasteiger partial charge is 0.417 e. The molecular weight excluding hydrogens is 401 g/mol. The lowest BCUT2D eigenvalue weighted by atomic mass is 10.1. The Kier molecular flexibility index (Phi) is 4.98. The predicted molar refractivity (Wildman–Crippen MR) is 114 cm³/mol. The van der Waals surface area contributed by atoms with Crippen molar-refractivity contribution < 1.29 is 13.2 Å². The van der Waals surface area contributed by atoms with Crippen LogP contribution in [0, 0.1) is 0 Å². The van der Waals surface area contributed by atoms with E-state index in [2.05, 4.69) is 9.88 Å². The number of rotatable bonds is 4. The van der Waals surface area contributed by atoms with Crippen molar-refractivity contribution in [1.82, 2.24) is 19.4 Å². The van der Waals surface area contributed by atoms with Crippen molar-refractivity contribution in [3.05, 3.63) is 78.0 Å². The second kappa shape index (κ2) is 7.81. The van der Waals surface area contributed by atoms with Crippen molar-refractivity contribution in [3.8, 4) is 17.2 Å². The molecule has 0 unspecified atom stereocenters. The second-order valence-corrected chi connectivity index (χ2v) is 7.77. The minimum Gasteiger partial charge on any atom is -0.298 e. The first kappa shape index (κ1) is 19.8. The zero-order valence-electron chi connectivity index (χ0n) is 16.8. The van der Waals surface area contributed by atoms with Crippen LogP contribution in [0.2, 0.25) is 0 Å². The highest BCUT2D eigenvalue weighted by atomic mass is 19.4. The minimum atomic E-state index is -4.48. The summed E-state index contributed by atoms with van der Waals surface area (Å²) >= 11 is 0. The number of nitrogens with zero attached hydrogens (tertiary/aromatic N) is 4. The first-order chi connectivity index (χ1) is 15.0. The summed E-state index contributed by atoms with van der Waals surface area (Å²) in [5.74, 6) is 0.803. The van der Waals surface area contributed by atoms with Crippen molar-refractivity contribution in [2.75, 3.05) is 13.1 Å². The van der Waals surface area contributed by atoms with E-state index in [-0.39, 0.29) is 11.4 Å². The van der Waals surface area contributed by atoms with Crippen LogP contribution in [0.4, 0.5) is 13.2 Å². The summed E-state index contributed by atoms with van der Waals surface area (Å²) < 4.78 is 43.0. The number of alkyl halides is 3. The Morgan fingerprint density at radius 3 is 2.35 bits per heavy atom. The highest BCUT2D eigenvalue weighted by Crippen LogP contribution is 2.38. The maximum Gasteiger partial charge on any atom is 0.417 e. The van der Waals surface area contributed by atoms with Gasteiger partial charge in [-0.15, -0.1) is 0 Å². The van der Waals surface area contributed by atoms with Gasteiger partial charge in [0.2, 0.25) is 0 Å². The van der Waals surface area contributed by atoms with Gasteiger partial charge in [0.1, 0.15) is 11.6 Å². The van der Waals surface area contributed by atoms with E-state index in [4.69, 9.17) is 4.98 Å². The molecule has 2 aromatic heterocycles. The van der Waals surface area contributed by atoms with E-state index in [1.165, 1.54) is 25.0 Å². The van der Waals surface area contributed by atoms with E-state index >= 15 is 0 Å². The number of aromatic nitrogens is 3. The van der Waals surface area contributed by atoms with Crippen LogP contribution in [0.15, 0.2) is 66.7 Å². The summed E-state index contributed by atoms with van der Waals surface area (Å²) in [6.45, 7) is 2.82. The van der Waals surface area contributed by atoms with Gasteiger partial charge in [-0.3, -0.25) is 9.47 Å². The number of imidazole rings is 1. The van der Waals surface area contributed by atoms with Gasteiger partial charge < -0.3 is 0 Å². The van der Waals surface area contributed by atoms with Crippen molar-refractivity contribution in [2.45, 2.75) is 25.6 Å². The van der Waals surface area contributed by atoms with E-state index < -0.39 is 11.7 Å². The molecule has 7 heteroatoms. The third-order valence-corrected chi connectivity index (χ3v) is 5.64. The molecule has 0 aliphatic carbocycles. The lowest BCUT2D eigenvalue weighted by Gasteiger charge is -2.16. The Morgan fingerprint density at radius 1 is 0.806 bits per heavy atom. The number of benzene rings is 2. The van der Waals surface area contributed by atoms with Gasteiger partial charge in [-0.2, -0.15) is 13.2 Å². The molecule has 1 fully saturated rings. The third-order valence-electron chi connectivity index (χ3n) is 5.64. The molecule has 158 valence electrons. The van der Waals surface area contributed by atoms with Gasteiger partial charge in [0, 0.05) is 12.1 Å². The summed E-state index contributed by atoms with van der Waals surface area (Å²) in [6, 6.07) is 18.6. The van der Waals surface area contributed by atoms with Gasteiger partial charge in [-0.05, 0) is 56.3 Å². The predicted octanol–water partition coefficient (Wildman–Crippen LogP) is 5.70. The molecule has 3 heterocycles. The highest BCUT2D eigenvalue weighted by Gasteiger charge is 2.35. The standard InChI is InChI=1S/C24H21F3N4/c25-24(26,27)19-10-2-1-9-18(19)23-29-20-11-3-4-12-21(20)31(23)22-13-7-8-17(28-22)16-30-14-5-6-15-30/h1-4,7-13H,5-6,14-16H2. The normalized spacial score (nSPS) is 15.1. The number of likely N-dealkylation sites (tertiary alicyclic amines) is 1. The quantitative estimate of drug-likeness (QED) is 0.423. The molecule has 2 aromatic carbocycles. The first-order valence-electron chi connectivity index (χ1n) is 10.3. The lowest BCUT2D eigenvalue weighted by molar-refractivity contribution is -0.137. The number of hydrogen-bond acceptors (Lipinski definition) is 3. The molecule has 0 bridgehead atoms. The number of pyridine rings is 1. The minimum absolute atomic E-state index is 0.0398. The molecule has 0 saturated carbocycles. The Bertz CT molecular complexity index is 1220. The Balaban J connectivity index is 1.68. The smallest absolute Gasteiger partial charge is 0.298 e. The zero-order chi connectivity index (χ0) is 21.4. The number of halogens is 3. The van der Waals surface area contributed by atoms with Crippen LogP contribution in [0.5, 0.6) is 0 Å². The van der Waals surface area contributed by atoms with Gasteiger partial charge in [-0.25, -0.2) is 9.97 Å². The van der Waals surface area contributed by atoms with Gasteiger partial charge in [0.25, 0.3) is 0 Å². The molecule has 4 aromatic rings. The van der Waals surface area contributed by atoms with Crippen LogP contribution in [-0.4, -0.2) is 32.5 Å². The van der Waals surface area contributed by atoms with E-state index in [9.17, 15) is 13.2 Å². The summed E-state index contributed by atoms with van der Waals surface area (Å²) in [6.07, 6.45) is -2.11. The van der Waals surface area contributed by atoms with Crippen LogP contribution in [0.3, 0.4) is 0 Å². The van der Waals surface area contributed by atoms with Crippen molar-refractivity contribution in [3.63, 3.8) is 0 Å². The summed E-state index contributed by atoms with van der Waals surface area (Å²) in [7, 11) is 0. The molecule has 0 atom stereocenters. The molecule has 0 radical (unpaired) electrons. The van der Waals surface area contributed by atoms with Crippen LogP contribution >= 0.6 is 0 Å². The van der Waals surface area contributed by atoms with E-state index in [1.807, 2.05) is 36.4 Å². The second-order valence-electron chi connectivity index (χ2n) is 7.77. The van der Waals surface area contributed by atoms with Gasteiger partial charge in [-0.1, -0.05) is 36.4 Å². The number of para-hydroxylation sites is 2. The monoisotopic (exact) mass is 422 g/mol. The maximum absolute atomic E-state index is 13.8. The van der Waals surface area contributed by atoms with Gasteiger partial charge in [0.15, 0.2) is 0 Å². The molecule has 1 aliphatic heterocycles. The Morgan fingerprint density at radius 2 is 1.55 bits per heavy atom. The fourth-order valence-electron chi connectivity index (χ4n) is 4.21. The van der Waals surface area contributed by atoms with E-state index in [1.54, 1.807) is 16.7 Å². The van der Waals surface area contributed by atoms with Gasteiger partial charge >= 0.3 is 6.18 Å². The van der Waals surface area contributed by atoms with Crippen molar-refractivity contribution in [2.24, 2.45) is 0 Å². The topological polar surface area (TPSA) is 34.0 Å². The molecule has 5 rings (SSSR count). The maximum atomic E-state index is 13.8.